The lowest BCUT2D eigenvalue weighted by atomic mass is 9.70. The number of rotatable bonds is 2. The fraction of sp³-hybridized carbons (Fsp3) is 0.667. The molecule has 0 amide bonds. The lowest BCUT2D eigenvalue weighted by Gasteiger charge is -2.40. The van der Waals surface area contributed by atoms with E-state index in [0.29, 0.717) is 11.3 Å². The Morgan fingerprint density at radius 3 is 2.40 bits per heavy atom. The first-order chi connectivity index (χ1) is 9.27. The van der Waals surface area contributed by atoms with Gasteiger partial charge in [-0.1, -0.05) is 26.8 Å². The average molecular weight is 275 g/mol. The van der Waals surface area contributed by atoms with Crippen LogP contribution >= 0.6 is 0 Å². The highest BCUT2D eigenvalue weighted by Crippen LogP contribution is 2.38. The molecular weight excluding hydrogens is 246 g/mol. The average Bonchev–Trinajstić information content (AvgIpc) is 2.35. The monoisotopic (exact) mass is 275 g/mol. The van der Waals surface area contributed by atoms with Crippen molar-refractivity contribution in [1.29, 1.82) is 0 Å². The van der Waals surface area contributed by atoms with Crippen LogP contribution in [0.25, 0.3) is 0 Å². The molecule has 3 unspecified atom stereocenters. The summed E-state index contributed by atoms with van der Waals surface area (Å²) in [4.78, 5) is 0. The molecule has 2 nitrogen and oxygen atoms in total. The maximum absolute atomic E-state index is 6.28. The number of aryl methyl sites for hydroxylation is 2. The second kappa shape index (κ2) is 5.77. The Labute approximate surface area is 123 Å². The Hall–Kier alpha value is -1.02. The van der Waals surface area contributed by atoms with Gasteiger partial charge in [0.1, 0.15) is 11.9 Å². The highest BCUT2D eigenvalue weighted by atomic mass is 16.5. The van der Waals surface area contributed by atoms with Gasteiger partial charge >= 0.3 is 0 Å². The molecule has 3 atom stereocenters. The lowest BCUT2D eigenvalue weighted by molar-refractivity contribution is 0.0591. The van der Waals surface area contributed by atoms with E-state index in [1.165, 1.54) is 17.5 Å². The standard InChI is InChI=1S/C18H29NO/c1-12-6-8-15(10-13(12)2)20-17-11-14(18(3,4)5)7-9-16(17)19/h6,8,10,14,16-17H,7,9,11,19H2,1-5H3. The third-order valence-electron chi connectivity index (χ3n) is 4.83. The largest absolute Gasteiger partial charge is 0.489 e. The van der Waals surface area contributed by atoms with Gasteiger partial charge in [0.15, 0.2) is 0 Å². The Bertz CT molecular complexity index is 461. The van der Waals surface area contributed by atoms with Crippen molar-refractivity contribution in [3.8, 4) is 5.75 Å². The third-order valence-corrected chi connectivity index (χ3v) is 4.83. The van der Waals surface area contributed by atoms with Crippen LogP contribution < -0.4 is 10.5 Å². The van der Waals surface area contributed by atoms with Gasteiger partial charge < -0.3 is 10.5 Å². The summed E-state index contributed by atoms with van der Waals surface area (Å²) in [6, 6.07) is 6.48. The normalized spacial score (nSPS) is 27.4. The summed E-state index contributed by atoms with van der Waals surface area (Å²) in [7, 11) is 0. The molecule has 2 N–H and O–H groups in total. The minimum atomic E-state index is 0.148. The molecule has 0 saturated heterocycles. The Morgan fingerprint density at radius 1 is 1.10 bits per heavy atom. The zero-order valence-corrected chi connectivity index (χ0v) is 13.6. The molecule has 2 heteroatoms. The molecule has 0 aromatic heterocycles. The number of ether oxygens (including phenoxy) is 1. The van der Waals surface area contributed by atoms with E-state index in [9.17, 15) is 0 Å². The molecule has 0 aliphatic heterocycles. The molecule has 1 aromatic carbocycles. The number of hydrogen-bond acceptors (Lipinski definition) is 2. The Kier molecular flexibility index (Phi) is 4.43. The number of benzene rings is 1. The van der Waals surface area contributed by atoms with E-state index < -0.39 is 0 Å². The number of nitrogens with two attached hydrogens (primary N) is 1. The second-order valence-corrected chi connectivity index (χ2v) is 7.44. The van der Waals surface area contributed by atoms with E-state index in [0.717, 1.165) is 18.6 Å². The van der Waals surface area contributed by atoms with Gasteiger partial charge in [0.25, 0.3) is 0 Å². The molecule has 1 aliphatic rings. The smallest absolute Gasteiger partial charge is 0.120 e. The maximum atomic E-state index is 6.28. The molecular formula is C18H29NO. The van der Waals surface area contributed by atoms with Crippen LogP contribution in [0.5, 0.6) is 5.75 Å². The Balaban J connectivity index is 2.08. The van der Waals surface area contributed by atoms with Crippen molar-refractivity contribution in [2.24, 2.45) is 17.1 Å². The van der Waals surface area contributed by atoms with Gasteiger partial charge in [0.05, 0.1) is 0 Å². The van der Waals surface area contributed by atoms with E-state index >= 15 is 0 Å². The predicted molar refractivity (Wildman–Crippen MR) is 85.1 cm³/mol. The number of hydrogen-bond donors (Lipinski definition) is 1. The van der Waals surface area contributed by atoms with Crippen molar-refractivity contribution in [3.63, 3.8) is 0 Å². The minimum Gasteiger partial charge on any atom is -0.489 e. The van der Waals surface area contributed by atoms with Crippen LogP contribution in [0.2, 0.25) is 0 Å². The summed E-state index contributed by atoms with van der Waals surface area (Å²) in [6.45, 7) is 11.2. The highest BCUT2D eigenvalue weighted by Gasteiger charge is 2.35. The van der Waals surface area contributed by atoms with Crippen LogP contribution in [0, 0.1) is 25.2 Å². The SMILES string of the molecule is Cc1ccc(OC2CC(C(C)(C)C)CCC2N)cc1C. The van der Waals surface area contributed by atoms with Crippen molar-refractivity contribution in [1.82, 2.24) is 0 Å². The Morgan fingerprint density at radius 2 is 1.80 bits per heavy atom. The zero-order valence-electron chi connectivity index (χ0n) is 13.6. The van der Waals surface area contributed by atoms with Crippen molar-refractivity contribution in [2.75, 3.05) is 0 Å². The van der Waals surface area contributed by atoms with Crippen molar-refractivity contribution in [3.05, 3.63) is 29.3 Å². The topological polar surface area (TPSA) is 35.2 Å². The van der Waals surface area contributed by atoms with E-state index in [2.05, 4.69) is 52.8 Å². The highest BCUT2D eigenvalue weighted by molar-refractivity contribution is 5.34. The first-order valence-corrected chi connectivity index (χ1v) is 7.77. The van der Waals surface area contributed by atoms with E-state index in [4.69, 9.17) is 10.5 Å². The first-order valence-electron chi connectivity index (χ1n) is 7.77. The molecule has 0 radical (unpaired) electrons. The molecule has 1 saturated carbocycles. The molecule has 1 fully saturated rings. The molecule has 1 aliphatic carbocycles. The predicted octanol–water partition coefficient (Wildman–Crippen LogP) is 4.22. The maximum Gasteiger partial charge on any atom is 0.120 e. The van der Waals surface area contributed by atoms with Crippen LogP contribution in [0.1, 0.15) is 51.2 Å². The van der Waals surface area contributed by atoms with Gasteiger partial charge in [-0.3, -0.25) is 0 Å². The van der Waals surface area contributed by atoms with Gasteiger partial charge in [-0.25, -0.2) is 0 Å². The summed E-state index contributed by atoms with van der Waals surface area (Å²) < 4.78 is 6.20. The molecule has 112 valence electrons. The second-order valence-electron chi connectivity index (χ2n) is 7.44. The summed E-state index contributed by atoms with van der Waals surface area (Å²) in [5.74, 6) is 1.65. The summed E-state index contributed by atoms with van der Waals surface area (Å²) in [5, 5.41) is 0. The lowest BCUT2D eigenvalue weighted by Crippen LogP contribution is -2.46. The van der Waals surface area contributed by atoms with Crippen LogP contribution in [-0.2, 0) is 0 Å². The van der Waals surface area contributed by atoms with Crippen LogP contribution in [0.15, 0.2) is 18.2 Å². The summed E-state index contributed by atoms with van der Waals surface area (Å²) in [6.07, 6.45) is 3.50. The van der Waals surface area contributed by atoms with Crippen molar-refractivity contribution in [2.45, 2.75) is 66.0 Å². The minimum absolute atomic E-state index is 0.148. The van der Waals surface area contributed by atoms with Crippen LogP contribution in [-0.4, -0.2) is 12.1 Å². The molecule has 0 spiro atoms. The zero-order chi connectivity index (χ0) is 14.9. The van der Waals surface area contributed by atoms with Crippen molar-refractivity contribution >= 4 is 0 Å². The third kappa shape index (κ3) is 3.54. The molecule has 2 rings (SSSR count). The summed E-state index contributed by atoms with van der Waals surface area (Å²) in [5.41, 5.74) is 9.19. The molecule has 0 bridgehead atoms. The van der Waals surface area contributed by atoms with Gasteiger partial charge in [-0.2, -0.15) is 0 Å². The van der Waals surface area contributed by atoms with Gasteiger partial charge in [0.2, 0.25) is 0 Å². The van der Waals surface area contributed by atoms with Crippen molar-refractivity contribution < 1.29 is 4.74 Å². The van der Waals surface area contributed by atoms with Gasteiger partial charge in [-0.05, 0) is 67.7 Å². The van der Waals surface area contributed by atoms with E-state index in [-0.39, 0.29) is 12.1 Å². The molecule has 1 aromatic rings. The van der Waals surface area contributed by atoms with E-state index in [1.807, 2.05) is 0 Å². The van der Waals surface area contributed by atoms with Gasteiger partial charge in [-0.15, -0.1) is 0 Å². The molecule has 20 heavy (non-hydrogen) atoms. The molecule has 0 heterocycles. The quantitative estimate of drug-likeness (QED) is 0.877. The van der Waals surface area contributed by atoms with E-state index in [1.54, 1.807) is 0 Å². The van der Waals surface area contributed by atoms with Gasteiger partial charge in [0, 0.05) is 6.04 Å². The van der Waals surface area contributed by atoms with Crippen LogP contribution in [0.4, 0.5) is 0 Å². The van der Waals surface area contributed by atoms with Crippen LogP contribution in [0.3, 0.4) is 0 Å². The first kappa shape index (κ1) is 15.4. The summed E-state index contributed by atoms with van der Waals surface area (Å²) >= 11 is 0. The fourth-order valence-corrected chi connectivity index (χ4v) is 3.04. The fourth-order valence-electron chi connectivity index (χ4n) is 3.04.